The van der Waals surface area contributed by atoms with Crippen LogP contribution in [0.5, 0.6) is 5.88 Å². The van der Waals surface area contributed by atoms with Crippen LogP contribution in [0, 0.1) is 4.77 Å². The Morgan fingerprint density at radius 3 is 2.32 bits per heavy atom. The van der Waals surface area contributed by atoms with E-state index in [1.807, 2.05) is 0 Å². The van der Waals surface area contributed by atoms with Gasteiger partial charge in [0.15, 0.2) is 4.77 Å². The summed E-state index contributed by atoms with van der Waals surface area (Å²) >= 11 is 4.74. The zero-order chi connectivity index (χ0) is 18.6. The summed E-state index contributed by atoms with van der Waals surface area (Å²) in [7, 11) is -3.53. The van der Waals surface area contributed by atoms with Crippen molar-refractivity contribution >= 4 is 34.1 Å². The van der Waals surface area contributed by atoms with Crippen LogP contribution in [-0.4, -0.2) is 47.1 Å². The van der Waals surface area contributed by atoms with Crippen LogP contribution >= 0.6 is 12.2 Å². The van der Waals surface area contributed by atoms with Gasteiger partial charge in [0.25, 0.3) is 5.56 Å². The molecule has 0 radical (unpaired) electrons. The van der Waals surface area contributed by atoms with Crippen molar-refractivity contribution in [1.82, 2.24) is 14.3 Å². The molecule has 0 aliphatic rings. The topological polar surface area (TPSA) is 119 Å². The summed E-state index contributed by atoms with van der Waals surface area (Å²) in [4.78, 5) is 20.7. The average Bonchev–Trinajstić information content (AvgIpc) is 2.55. The van der Waals surface area contributed by atoms with E-state index in [9.17, 15) is 18.3 Å². The summed E-state index contributed by atoms with van der Waals surface area (Å²) in [6.45, 7) is 4.32. The minimum Gasteiger partial charge on any atom is -0.494 e. The van der Waals surface area contributed by atoms with Crippen LogP contribution in [0.3, 0.4) is 0 Å². The number of hydrogen-bond donors (Lipinski definition) is 3. The molecule has 0 saturated heterocycles. The SMILES string of the molecule is CCN(CC)S(=O)(=O)c1ccc(N=Cc2c(O)[nH]c(=S)[nH]c2=O)cc1. The van der Waals surface area contributed by atoms with Crippen LogP contribution in [0.4, 0.5) is 5.69 Å². The number of hydrogen-bond acceptors (Lipinski definition) is 6. The van der Waals surface area contributed by atoms with Gasteiger partial charge in [-0.05, 0) is 36.5 Å². The lowest BCUT2D eigenvalue weighted by Crippen LogP contribution is -2.30. The fraction of sp³-hybridized carbons (Fsp3) is 0.267. The van der Waals surface area contributed by atoms with Crippen molar-refractivity contribution in [1.29, 1.82) is 0 Å². The minimum atomic E-state index is -3.53. The Balaban J connectivity index is 2.30. The van der Waals surface area contributed by atoms with Crippen molar-refractivity contribution < 1.29 is 13.5 Å². The molecule has 0 bridgehead atoms. The second-order valence-electron chi connectivity index (χ2n) is 5.01. The van der Waals surface area contributed by atoms with Gasteiger partial charge in [0.1, 0.15) is 5.56 Å². The summed E-state index contributed by atoms with van der Waals surface area (Å²) in [6.07, 6.45) is 1.17. The summed E-state index contributed by atoms with van der Waals surface area (Å²) in [5, 5.41) is 9.70. The molecule has 1 aromatic carbocycles. The van der Waals surface area contributed by atoms with Gasteiger partial charge in [-0.3, -0.25) is 14.8 Å². The number of aromatic amines is 2. The van der Waals surface area contributed by atoms with Crippen LogP contribution in [0.25, 0.3) is 0 Å². The highest BCUT2D eigenvalue weighted by atomic mass is 32.2. The molecular weight excluding hydrogens is 364 g/mol. The molecule has 0 atom stereocenters. The number of nitrogens with one attached hydrogen (secondary N) is 2. The van der Waals surface area contributed by atoms with Gasteiger partial charge < -0.3 is 10.1 Å². The van der Waals surface area contributed by atoms with Crippen molar-refractivity contribution in [3.05, 3.63) is 45.0 Å². The van der Waals surface area contributed by atoms with E-state index in [1.165, 1.54) is 34.8 Å². The first-order valence-electron chi connectivity index (χ1n) is 7.49. The standard InChI is InChI=1S/C15H18N4O4S2/c1-3-19(4-2)25(22,23)11-7-5-10(6-8-11)16-9-12-13(20)17-15(24)18-14(12)21/h5-9H,3-4H2,1-2H3,(H3,17,18,20,21,24). The highest BCUT2D eigenvalue weighted by Gasteiger charge is 2.21. The molecule has 0 unspecified atom stereocenters. The normalized spacial score (nSPS) is 12.1. The number of sulfonamides is 1. The number of H-pyrrole nitrogens is 2. The van der Waals surface area contributed by atoms with Gasteiger partial charge >= 0.3 is 0 Å². The van der Waals surface area contributed by atoms with E-state index in [-0.39, 0.29) is 15.2 Å². The van der Waals surface area contributed by atoms with E-state index < -0.39 is 21.5 Å². The first-order chi connectivity index (χ1) is 11.8. The largest absolute Gasteiger partial charge is 0.494 e. The molecule has 10 heteroatoms. The molecule has 0 aliphatic carbocycles. The molecule has 0 spiro atoms. The first kappa shape index (κ1) is 19.0. The minimum absolute atomic E-state index is 0.00520. The molecule has 8 nitrogen and oxygen atoms in total. The number of aliphatic imine (C=N–C) groups is 1. The van der Waals surface area contributed by atoms with Crippen molar-refractivity contribution in [3.8, 4) is 5.88 Å². The van der Waals surface area contributed by atoms with Gasteiger partial charge in [-0.2, -0.15) is 4.31 Å². The van der Waals surface area contributed by atoms with Crippen molar-refractivity contribution in [2.75, 3.05) is 13.1 Å². The molecule has 0 saturated carbocycles. The van der Waals surface area contributed by atoms with Gasteiger partial charge in [0.2, 0.25) is 15.9 Å². The third-order valence-corrected chi connectivity index (χ3v) is 5.75. The van der Waals surface area contributed by atoms with Crippen LogP contribution < -0.4 is 5.56 Å². The number of nitrogens with zero attached hydrogens (tertiary/aromatic N) is 2. The van der Waals surface area contributed by atoms with E-state index in [2.05, 4.69) is 15.0 Å². The average molecular weight is 382 g/mol. The van der Waals surface area contributed by atoms with Crippen LogP contribution in [0.15, 0.2) is 38.9 Å². The van der Waals surface area contributed by atoms with E-state index in [4.69, 9.17) is 12.2 Å². The second-order valence-corrected chi connectivity index (χ2v) is 7.36. The van der Waals surface area contributed by atoms with Crippen LogP contribution in [-0.2, 0) is 10.0 Å². The van der Waals surface area contributed by atoms with Gasteiger partial charge in [-0.1, -0.05) is 13.8 Å². The summed E-state index contributed by atoms with van der Waals surface area (Å²) in [5.74, 6) is -0.391. The highest BCUT2D eigenvalue weighted by molar-refractivity contribution is 7.89. The Labute approximate surface area is 149 Å². The lowest BCUT2D eigenvalue weighted by molar-refractivity contribution is 0.445. The lowest BCUT2D eigenvalue weighted by atomic mass is 10.3. The molecule has 2 rings (SSSR count). The molecule has 1 heterocycles. The number of aromatic nitrogens is 2. The molecule has 1 aromatic heterocycles. The van der Waals surface area contributed by atoms with Gasteiger partial charge in [-0.25, -0.2) is 8.42 Å². The molecule has 0 amide bonds. The summed E-state index contributed by atoms with van der Waals surface area (Å²) < 4.78 is 26.2. The van der Waals surface area contributed by atoms with Gasteiger partial charge in [0.05, 0.1) is 10.6 Å². The van der Waals surface area contributed by atoms with E-state index >= 15 is 0 Å². The predicted octanol–water partition coefficient (Wildman–Crippen LogP) is 1.92. The molecule has 3 N–H and O–H groups in total. The second kappa shape index (κ2) is 7.72. The third kappa shape index (κ3) is 4.21. The zero-order valence-corrected chi connectivity index (χ0v) is 15.3. The number of aromatic hydroxyl groups is 1. The molecule has 25 heavy (non-hydrogen) atoms. The van der Waals surface area contributed by atoms with Crippen molar-refractivity contribution in [2.45, 2.75) is 18.7 Å². The third-order valence-electron chi connectivity index (χ3n) is 3.48. The number of benzene rings is 1. The molecule has 0 aliphatic heterocycles. The zero-order valence-electron chi connectivity index (χ0n) is 13.7. The Morgan fingerprint density at radius 2 is 1.80 bits per heavy atom. The van der Waals surface area contributed by atoms with Gasteiger partial charge in [0, 0.05) is 19.3 Å². The quantitative estimate of drug-likeness (QED) is 0.521. The number of rotatable bonds is 6. The molecule has 134 valence electrons. The van der Waals surface area contributed by atoms with Crippen molar-refractivity contribution in [3.63, 3.8) is 0 Å². The fourth-order valence-electron chi connectivity index (χ4n) is 2.16. The summed E-state index contributed by atoms with van der Waals surface area (Å²) in [6, 6.07) is 5.93. The van der Waals surface area contributed by atoms with E-state index in [0.717, 1.165) is 0 Å². The monoisotopic (exact) mass is 382 g/mol. The van der Waals surface area contributed by atoms with Crippen molar-refractivity contribution in [2.24, 2.45) is 4.99 Å². The fourth-order valence-corrected chi connectivity index (χ4v) is 3.81. The van der Waals surface area contributed by atoms with Crippen LogP contribution in [0.2, 0.25) is 0 Å². The van der Waals surface area contributed by atoms with E-state index in [0.29, 0.717) is 18.8 Å². The maximum atomic E-state index is 12.4. The van der Waals surface area contributed by atoms with E-state index in [1.54, 1.807) is 13.8 Å². The maximum Gasteiger partial charge on any atom is 0.264 e. The molecular formula is C15H18N4O4S2. The Bertz CT molecular complexity index is 987. The summed E-state index contributed by atoms with van der Waals surface area (Å²) in [5.41, 5.74) is -0.223. The first-order valence-corrected chi connectivity index (χ1v) is 9.34. The molecule has 0 fully saturated rings. The lowest BCUT2D eigenvalue weighted by Gasteiger charge is -2.18. The Kier molecular flexibility index (Phi) is 5.88. The van der Waals surface area contributed by atoms with Crippen LogP contribution in [0.1, 0.15) is 19.4 Å². The highest BCUT2D eigenvalue weighted by Crippen LogP contribution is 2.20. The Hall–Kier alpha value is -2.30. The molecule has 2 aromatic rings. The Morgan fingerprint density at radius 1 is 1.20 bits per heavy atom. The smallest absolute Gasteiger partial charge is 0.264 e. The maximum absolute atomic E-state index is 12.4. The van der Waals surface area contributed by atoms with Gasteiger partial charge in [-0.15, -0.1) is 0 Å². The predicted molar refractivity (Wildman–Crippen MR) is 97.7 cm³/mol.